The van der Waals surface area contributed by atoms with Crippen LogP contribution in [0.25, 0.3) is 16.0 Å². The molecule has 1 aromatic heterocycles. The minimum Gasteiger partial charge on any atom is -0.507 e. The number of fused-ring (bicyclic) bond motifs is 1. The van der Waals surface area contributed by atoms with Crippen molar-refractivity contribution in [3.8, 4) is 17.2 Å². The lowest BCUT2D eigenvalue weighted by Gasteiger charge is -2.25. The third-order valence-corrected chi connectivity index (χ3v) is 7.43. The van der Waals surface area contributed by atoms with Gasteiger partial charge in [0.25, 0.3) is 5.78 Å². The van der Waals surface area contributed by atoms with Crippen molar-refractivity contribution in [3.05, 3.63) is 82.4 Å². The maximum Gasteiger partial charge on any atom is 0.301 e. The zero-order valence-electron chi connectivity index (χ0n) is 20.7. The number of halogens is 1. The summed E-state index contributed by atoms with van der Waals surface area (Å²) in [5.41, 5.74) is 1.34. The molecule has 0 saturated carbocycles. The van der Waals surface area contributed by atoms with E-state index >= 15 is 0 Å². The van der Waals surface area contributed by atoms with Gasteiger partial charge in [0, 0.05) is 16.1 Å². The zero-order chi connectivity index (χ0) is 27.0. The van der Waals surface area contributed by atoms with Crippen molar-refractivity contribution in [2.75, 3.05) is 25.7 Å². The van der Waals surface area contributed by atoms with Crippen LogP contribution in [0.15, 0.2) is 66.2 Å². The summed E-state index contributed by atoms with van der Waals surface area (Å²) < 4.78 is 17.5. The number of aliphatic hydroxyl groups excluding tert-OH is 1. The lowest BCUT2D eigenvalue weighted by molar-refractivity contribution is -0.132. The normalized spacial score (nSPS) is 16.7. The van der Waals surface area contributed by atoms with E-state index in [1.165, 1.54) is 30.5 Å². The fraction of sp³-hybridized carbons (Fsp3) is 0.179. The van der Waals surface area contributed by atoms with Crippen LogP contribution in [-0.4, -0.2) is 42.6 Å². The van der Waals surface area contributed by atoms with E-state index in [0.29, 0.717) is 50.7 Å². The molecule has 1 unspecified atom stereocenters. The Kier molecular flexibility index (Phi) is 6.96. The second kappa shape index (κ2) is 10.4. The molecule has 1 aliphatic rings. The number of rotatable bonds is 7. The average Bonchev–Trinajstić information content (AvgIpc) is 3.45. The number of carbonyl (C=O) groups excluding carboxylic acids is 2. The molecular formula is C28H23ClN2O6S. The number of ketones is 1. The molecule has 1 N–H and O–H groups in total. The number of nitrogens with zero attached hydrogens (tertiary/aromatic N) is 2. The zero-order valence-corrected chi connectivity index (χ0v) is 22.3. The first-order valence-corrected chi connectivity index (χ1v) is 12.9. The number of Topliss-reactive ketones (excluding diaryl/α,β-unsaturated/α-hetero) is 1. The highest BCUT2D eigenvalue weighted by molar-refractivity contribution is 7.22. The number of ether oxygens (including phenoxy) is 3. The molecule has 1 atom stereocenters. The predicted molar refractivity (Wildman–Crippen MR) is 147 cm³/mol. The van der Waals surface area contributed by atoms with Crippen molar-refractivity contribution in [2.24, 2.45) is 0 Å². The van der Waals surface area contributed by atoms with Gasteiger partial charge in [0.05, 0.1) is 36.6 Å². The topological polar surface area (TPSA) is 98.2 Å². The number of aromatic nitrogens is 1. The van der Waals surface area contributed by atoms with Gasteiger partial charge in [-0.3, -0.25) is 14.5 Å². The number of methoxy groups -OCH3 is 2. The highest BCUT2D eigenvalue weighted by atomic mass is 35.5. The van der Waals surface area contributed by atoms with Crippen LogP contribution in [-0.2, 0) is 9.59 Å². The third kappa shape index (κ3) is 4.33. The maximum absolute atomic E-state index is 13.6. The summed E-state index contributed by atoms with van der Waals surface area (Å²) in [4.78, 5) is 33.0. The van der Waals surface area contributed by atoms with Crippen molar-refractivity contribution >= 4 is 55.7 Å². The van der Waals surface area contributed by atoms with Gasteiger partial charge < -0.3 is 19.3 Å². The molecule has 0 radical (unpaired) electrons. The van der Waals surface area contributed by atoms with Crippen molar-refractivity contribution in [2.45, 2.75) is 13.0 Å². The van der Waals surface area contributed by atoms with Gasteiger partial charge in [-0.15, -0.1) is 0 Å². The van der Waals surface area contributed by atoms with Gasteiger partial charge >= 0.3 is 5.91 Å². The van der Waals surface area contributed by atoms with Gasteiger partial charge in [0.2, 0.25) is 0 Å². The summed E-state index contributed by atoms with van der Waals surface area (Å²) in [5, 5.41) is 12.1. The van der Waals surface area contributed by atoms with Gasteiger partial charge in [0.15, 0.2) is 16.6 Å². The number of para-hydroxylation sites is 1. The van der Waals surface area contributed by atoms with Crippen molar-refractivity contribution in [1.29, 1.82) is 0 Å². The van der Waals surface area contributed by atoms with Crippen LogP contribution in [0.2, 0.25) is 5.02 Å². The van der Waals surface area contributed by atoms with E-state index in [0.717, 1.165) is 4.70 Å². The number of carbonyl (C=O) groups is 2. The Morgan fingerprint density at radius 3 is 2.53 bits per heavy atom. The standard InChI is InChI=1S/C28H23ClN2O6S/c1-4-37-17-12-13-19-21(14-17)38-28(30-19)31-23(18-6-5-7-20(35-2)26(18)36-3)22(25(33)27(31)34)24(32)15-8-10-16(29)11-9-15/h5-14,23,32H,4H2,1-3H3/b24-22+. The highest BCUT2D eigenvalue weighted by Gasteiger charge is 2.49. The maximum atomic E-state index is 13.6. The van der Waals surface area contributed by atoms with Gasteiger partial charge in [0.1, 0.15) is 17.6 Å². The molecule has 8 nitrogen and oxygen atoms in total. The van der Waals surface area contributed by atoms with E-state index in [2.05, 4.69) is 4.98 Å². The number of anilines is 1. The van der Waals surface area contributed by atoms with E-state index in [1.807, 2.05) is 13.0 Å². The first kappa shape index (κ1) is 25.6. The number of amides is 1. The van der Waals surface area contributed by atoms with E-state index in [-0.39, 0.29) is 11.3 Å². The second-order valence-electron chi connectivity index (χ2n) is 8.32. The molecule has 4 aromatic rings. The molecule has 1 aliphatic heterocycles. The SMILES string of the molecule is CCOc1ccc2nc(N3C(=O)C(=O)/C(=C(/O)c4ccc(Cl)cc4)C3c3cccc(OC)c3OC)sc2c1. The fourth-order valence-electron chi connectivity index (χ4n) is 4.47. The Balaban J connectivity index is 1.75. The summed E-state index contributed by atoms with van der Waals surface area (Å²) >= 11 is 7.27. The number of aliphatic hydroxyl groups is 1. The second-order valence-corrected chi connectivity index (χ2v) is 9.76. The lowest BCUT2D eigenvalue weighted by atomic mass is 9.94. The molecule has 3 aromatic carbocycles. The fourth-order valence-corrected chi connectivity index (χ4v) is 5.61. The monoisotopic (exact) mass is 550 g/mol. The van der Waals surface area contributed by atoms with E-state index < -0.39 is 17.7 Å². The van der Waals surface area contributed by atoms with Gasteiger partial charge in [-0.05, 0) is 55.5 Å². The largest absolute Gasteiger partial charge is 0.507 e. The van der Waals surface area contributed by atoms with Crippen LogP contribution < -0.4 is 19.1 Å². The first-order chi connectivity index (χ1) is 18.4. The molecule has 1 amide bonds. The predicted octanol–water partition coefficient (Wildman–Crippen LogP) is 5.99. The van der Waals surface area contributed by atoms with Crippen LogP contribution in [0.4, 0.5) is 5.13 Å². The molecule has 0 aliphatic carbocycles. The quantitative estimate of drug-likeness (QED) is 0.171. The van der Waals surface area contributed by atoms with E-state index in [1.54, 1.807) is 54.6 Å². The average molecular weight is 551 g/mol. The molecule has 0 spiro atoms. The minimum absolute atomic E-state index is 0.0989. The Hall–Kier alpha value is -4.08. The van der Waals surface area contributed by atoms with Crippen LogP contribution in [0.3, 0.4) is 0 Å². The minimum atomic E-state index is -1.04. The summed E-state index contributed by atoms with van der Waals surface area (Å²) in [6.45, 7) is 2.40. The first-order valence-electron chi connectivity index (χ1n) is 11.7. The number of hydrogen-bond donors (Lipinski definition) is 1. The third-order valence-electron chi connectivity index (χ3n) is 6.16. The van der Waals surface area contributed by atoms with Crippen LogP contribution in [0.5, 0.6) is 17.2 Å². The molecule has 1 fully saturated rings. The van der Waals surface area contributed by atoms with Crippen LogP contribution in [0.1, 0.15) is 24.1 Å². The lowest BCUT2D eigenvalue weighted by Crippen LogP contribution is -2.29. The van der Waals surface area contributed by atoms with Crippen molar-refractivity contribution < 1.29 is 28.9 Å². The smallest absolute Gasteiger partial charge is 0.301 e. The molecule has 1 saturated heterocycles. The number of hydrogen-bond acceptors (Lipinski definition) is 8. The summed E-state index contributed by atoms with van der Waals surface area (Å²) in [6, 6.07) is 15.9. The molecular weight excluding hydrogens is 528 g/mol. The van der Waals surface area contributed by atoms with E-state index in [4.69, 9.17) is 25.8 Å². The molecule has 10 heteroatoms. The Morgan fingerprint density at radius 1 is 1.08 bits per heavy atom. The Morgan fingerprint density at radius 2 is 1.84 bits per heavy atom. The molecule has 194 valence electrons. The number of thiazole rings is 1. The Labute approximate surface area is 227 Å². The van der Waals surface area contributed by atoms with Gasteiger partial charge in [-0.25, -0.2) is 4.98 Å². The molecule has 0 bridgehead atoms. The summed E-state index contributed by atoms with van der Waals surface area (Å²) in [7, 11) is 2.97. The Bertz CT molecular complexity index is 1580. The van der Waals surface area contributed by atoms with Gasteiger partial charge in [-0.1, -0.05) is 35.1 Å². The van der Waals surface area contributed by atoms with Crippen molar-refractivity contribution in [3.63, 3.8) is 0 Å². The summed E-state index contributed by atoms with van der Waals surface area (Å²) in [5.74, 6) is -0.592. The van der Waals surface area contributed by atoms with Crippen LogP contribution >= 0.6 is 22.9 Å². The molecule has 2 heterocycles. The molecule has 38 heavy (non-hydrogen) atoms. The van der Waals surface area contributed by atoms with Crippen LogP contribution in [0, 0.1) is 0 Å². The van der Waals surface area contributed by atoms with Crippen molar-refractivity contribution in [1.82, 2.24) is 4.98 Å². The highest BCUT2D eigenvalue weighted by Crippen LogP contribution is 2.48. The van der Waals surface area contributed by atoms with Gasteiger partial charge in [-0.2, -0.15) is 0 Å². The molecule has 5 rings (SSSR count). The summed E-state index contributed by atoms with van der Waals surface area (Å²) in [6.07, 6.45) is 0. The van der Waals surface area contributed by atoms with E-state index in [9.17, 15) is 14.7 Å². The number of benzene rings is 3.